The van der Waals surface area contributed by atoms with Crippen molar-refractivity contribution in [1.82, 2.24) is 5.32 Å². The highest BCUT2D eigenvalue weighted by Gasteiger charge is 2.27. The van der Waals surface area contributed by atoms with Crippen LogP contribution in [0.4, 0.5) is 4.39 Å². The van der Waals surface area contributed by atoms with Crippen molar-refractivity contribution in [3.8, 4) is 5.75 Å². The number of ether oxygens (including phenoxy) is 2. The number of hydrogen-bond acceptors (Lipinski definition) is 3. The van der Waals surface area contributed by atoms with E-state index in [9.17, 15) is 9.18 Å². The fourth-order valence-corrected chi connectivity index (χ4v) is 2.30. The molecule has 4 nitrogen and oxygen atoms in total. The number of carbonyl (C=O) groups excluding carboxylic acids is 1. The van der Waals surface area contributed by atoms with E-state index in [1.54, 1.807) is 19.2 Å². The van der Waals surface area contributed by atoms with E-state index in [0.29, 0.717) is 10.8 Å². The summed E-state index contributed by atoms with van der Waals surface area (Å²) in [6, 6.07) is 12.8. The van der Waals surface area contributed by atoms with Crippen LogP contribution >= 0.6 is 11.6 Å². The zero-order valence-corrected chi connectivity index (χ0v) is 14.3. The molecule has 0 saturated heterocycles. The van der Waals surface area contributed by atoms with Gasteiger partial charge in [0.15, 0.2) is 6.61 Å². The predicted molar refractivity (Wildman–Crippen MR) is 90.7 cm³/mol. The molecule has 0 fully saturated rings. The van der Waals surface area contributed by atoms with E-state index in [-0.39, 0.29) is 24.9 Å². The Morgan fingerprint density at radius 3 is 2.58 bits per heavy atom. The van der Waals surface area contributed by atoms with E-state index in [4.69, 9.17) is 21.1 Å². The van der Waals surface area contributed by atoms with E-state index in [1.165, 1.54) is 24.3 Å². The third-order valence-electron chi connectivity index (χ3n) is 3.69. The number of hydrogen-bond donors (Lipinski definition) is 1. The smallest absolute Gasteiger partial charge is 0.258 e. The van der Waals surface area contributed by atoms with Gasteiger partial charge in [0.1, 0.15) is 17.2 Å². The van der Waals surface area contributed by atoms with Crippen LogP contribution in [0, 0.1) is 5.82 Å². The molecular formula is C18H19ClFNO3. The Morgan fingerprint density at radius 2 is 1.96 bits per heavy atom. The van der Waals surface area contributed by atoms with Crippen molar-refractivity contribution in [1.29, 1.82) is 0 Å². The largest absolute Gasteiger partial charge is 0.484 e. The number of amides is 1. The molecule has 1 atom stereocenters. The number of carbonyl (C=O) groups is 1. The number of benzene rings is 2. The number of methoxy groups -OCH3 is 1. The van der Waals surface area contributed by atoms with Crippen LogP contribution < -0.4 is 10.1 Å². The molecule has 0 bridgehead atoms. The fraction of sp³-hybridized carbons (Fsp3) is 0.278. The monoisotopic (exact) mass is 351 g/mol. The van der Waals surface area contributed by atoms with Crippen molar-refractivity contribution in [2.24, 2.45) is 0 Å². The van der Waals surface area contributed by atoms with Crippen molar-refractivity contribution in [2.45, 2.75) is 12.5 Å². The number of halogens is 2. The molecule has 1 unspecified atom stereocenters. The summed E-state index contributed by atoms with van der Waals surface area (Å²) >= 11 is 6.01. The zero-order chi connectivity index (χ0) is 17.6. The Balaban J connectivity index is 1.90. The maximum absolute atomic E-state index is 12.8. The van der Waals surface area contributed by atoms with Crippen LogP contribution in [0.2, 0.25) is 5.02 Å². The Labute approximate surface area is 145 Å². The highest BCUT2D eigenvalue weighted by atomic mass is 35.5. The van der Waals surface area contributed by atoms with Crippen LogP contribution in [0.15, 0.2) is 48.5 Å². The minimum absolute atomic E-state index is 0.166. The van der Waals surface area contributed by atoms with Gasteiger partial charge in [-0.2, -0.15) is 0 Å². The van der Waals surface area contributed by atoms with Crippen LogP contribution in [0.1, 0.15) is 12.5 Å². The second kappa shape index (κ2) is 8.13. The molecule has 0 aliphatic rings. The molecular weight excluding hydrogens is 333 g/mol. The van der Waals surface area contributed by atoms with Gasteiger partial charge in [0, 0.05) is 12.1 Å². The molecule has 0 aromatic heterocycles. The average Bonchev–Trinajstić information content (AvgIpc) is 2.59. The highest BCUT2D eigenvalue weighted by molar-refractivity contribution is 6.30. The van der Waals surface area contributed by atoms with Gasteiger partial charge in [-0.05, 0) is 48.9 Å². The molecule has 0 radical (unpaired) electrons. The van der Waals surface area contributed by atoms with Gasteiger partial charge in [0.05, 0.1) is 6.54 Å². The summed E-state index contributed by atoms with van der Waals surface area (Å²) in [5.41, 5.74) is 0.147. The van der Waals surface area contributed by atoms with Crippen LogP contribution in [0.3, 0.4) is 0 Å². The summed E-state index contributed by atoms with van der Waals surface area (Å²) < 4.78 is 23.7. The summed E-state index contributed by atoms with van der Waals surface area (Å²) in [6.45, 7) is 1.95. The van der Waals surface area contributed by atoms with Gasteiger partial charge in [-0.1, -0.05) is 23.7 Å². The summed E-state index contributed by atoms with van der Waals surface area (Å²) in [6.07, 6.45) is 0. The van der Waals surface area contributed by atoms with Crippen LogP contribution in [0.5, 0.6) is 5.75 Å². The molecule has 0 saturated carbocycles. The molecule has 24 heavy (non-hydrogen) atoms. The van der Waals surface area contributed by atoms with Gasteiger partial charge in [0.2, 0.25) is 0 Å². The quantitative estimate of drug-likeness (QED) is 0.830. The molecule has 0 spiro atoms. The van der Waals surface area contributed by atoms with Gasteiger partial charge in [-0.3, -0.25) is 4.79 Å². The lowest BCUT2D eigenvalue weighted by atomic mass is 9.95. The number of nitrogens with one attached hydrogen (secondary N) is 1. The molecule has 128 valence electrons. The van der Waals surface area contributed by atoms with Crippen molar-refractivity contribution in [3.63, 3.8) is 0 Å². The van der Waals surface area contributed by atoms with Gasteiger partial charge in [-0.25, -0.2) is 4.39 Å². The van der Waals surface area contributed by atoms with E-state index < -0.39 is 5.60 Å². The zero-order valence-electron chi connectivity index (χ0n) is 13.5. The average molecular weight is 352 g/mol. The second-order valence-electron chi connectivity index (χ2n) is 5.46. The molecule has 0 heterocycles. The van der Waals surface area contributed by atoms with E-state index >= 15 is 0 Å². The summed E-state index contributed by atoms with van der Waals surface area (Å²) in [4.78, 5) is 12.0. The molecule has 1 amide bonds. The topological polar surface area (TPSA) is 47.6 Å². The molecule has 6 heteroatoms. The van der Waals surface area contributed by atoms with Crippen LogP contribution in [0.25, 0.3) is 0 Å². The Morgan fingerprint density at radius 1 is 1.25 bits per heavy atom. The normalized spacial score (nSPS) is 13.2. The molecule has 0 aliphatic carbocycles. The first-order valence-corrected chi connectivity index (χ1v) is 7.77. The van der Waals surface area contributed by atoms with Gasteiger partial charge >= 0.3 is 0 Å². The van der Waals surface area contributed by atoms with Crippen molar-refractivity contribution in [2.75, 3.05) is 20.3 Å². The van der Waals surface area contributed by atoms with Crippen LogP contribution in [-0.4, -0.2) is 26.2 Å². The predicted octanol–water partition coefficient (Wildman–Crippen LogP) is 3.54. The lowest BCUT2D eigenvalue weighted by Crippen LogP contribution is -2.41. The van der Waals surface area contributed by atoms with Crippen molar-refractivity contribution in [3.05, 3.63) is 64.9 Å². The second-order valence-corrected chi connectivity index (χ2v) is 5.90. The van der Waals surface area contributed by atoms with Crippen LogP contribution in [-0.2, 0) is 15.1 Å². The molecule has 2 rings (SSSR count). The molecule has 2 aromatic carbocycles. The molecule has 0 aliphatic heterocycles. The first-order chi connectivity index (χ1) is 11.4. The van der Waals surface area contributed by atoms with Gasteiger partial charge in [-0.15, -0.1) is 0 Å². The maximum Gasteiger partial charge on any atom is 0.258 e. The molecule has 1 N–H and O–H groups in total. The van der Waals surface area contributed by atoms with E-state index in [1.807, 2.05) is 19.1 Å². The van der Waals surface area contributed by atoms with Crippen molar-refractivity contribution >= 4 is 17.5 Å². The standard InChI is InChI=1S/C18H19ClFNO3/c1-18(23-2,13-4-3-5-14(19)10-13)12-21-17(22)11-24-16-8-6-15(20)7-9-16/h3-10H,11-12H2,1-2H3,(H,21,22). The minimum atomic E-state index is -0.712. The maximum atomic E-state index is 12.8. The SMILES string of the molecule is COC(C)(CNC(=O)COc1ccc(F)cc1)c1cccc(Cl)c1. The van der Waals surface area contributed by atoms with E-state index in [0.717, 1.165) is 5.56 Å². The van der Waals surface area contributed by atoms with Gasteiger partial charge < -0.3 is 14.8 Å². The highest BCUT2D eigenvalue weighted by Crippen LogP contribution is 2.26. The Kier molecular flexibility index (Phi) is 6.17. The summed E-state index contributed by atoms with van der Waals surface area (Å²) in [7, 11) is 1.57. The third kappa shape index (κ3) is 4.94. The lowest BCUT2D eigenvalue weighted by molar-refractivity contribution is -0.124. The minimum Gasteiger partial charge on any atom is -0.484 e. The van der Waals surface area contributed by atoms with Gasteiger partial charge in [0.25, 0.3) is 5.91 Å². The van der Waals surface area contributed by atoms with Crippen molar-refractivity contribution < 1.29 is 18.7 Å². The summed E-state index contributed by atoms with van der Waals surface area (Å²) in [5.74, 6) is -0.232. The first-order valence-electron chi connectivity index (χ1n) is 7.39. The Hall–Kier alpha value is -2.11. The number of rotatable bonds is 7. The van der Waals surface area contributed by atoms with E-state index in [2.05, 4.69) is 5.32 Å². The Bertz CT molecular complexity index is 693. The summed E-state index contributed by atoms with van der Waals surface area (Å²) in [5, 5.41) is 3.37. The fourth-order valence-electron chi connectivity index (χ4n) is 2.11. The molecule has 2 aromatic rings. The first kappa shape index (κ1) is 18.2. The lowest BCUT2D eigenvalue weighted by Gasteiger charge is -2.29. The third-order valence-corrected chi connectivity index (χ3v) is 3.93.